The van der Waals surface area contributed by atoms with Gasteiger partial charge in [-0.2, -0.15) is 0 Å². The molecule has 0 aliphatic carbocycles. The molecule has 0 saturated carbocycles. The van der Waals surface area contributed by atoms with Gasteiger partial charge in [0.05, 0.1) is 18.9 Å². The number of hydrogen-bond donors (Lipinski definition) is 2. The number of nitrogens with zero attached hydrogens (tertiary/aromatic N) is 2. The number of rotatable bonds is 3. The summed E-state index contributed by atoms with van der Waals surface area (Å²) in [5.41, 5.74) is 3.80. The SMILES string of the molecule is O=C(O)c1cnccc1NN1CCOCC1. The summed E-state index contributed by atoms with van der Waals surface area (Å²) in [5, 5.41) is 10.9. The van der Waals surface area contributed by atoms with Crippen LogP contribution in [0.25, 0.3) is 0 Å². The molecule has 1 aromatic heterocycles. The molecule has 0 unspecified atom stereocenters. The monoisotopic (exact) mass is 223 g/mol. The highest BCUT2D eigenvalue weighted by Crippen LogP contribution is 2.14. The molecule has 0 bridgehead atoms. The van der Waals surface area contributed by atoms with E-state index in [4.69, 9.17) is 9.84 Å². The van der Waals surface area contributed by atoms with Crippen molar-refractivity contribution < 1.29 is 14.6 Å². The number of pyridine rings is 1. The molecule has 1 saturated heterocycles. The summed E-state index contributed by atoms with van der Waals surface area (Å²) in [6.07, 6.45) is 2.90. The second-order valence-electron chi connectivity index (χ2n) is 3.44. The van der Waals surface area contributed by atoms with Crippen LogP contribution >= 0.6 is 0 Å². The molecule has 0 radical (unpaired) electrons. The molecule has 16 heavy (non-hydrogen) atoms. The second kappa shape index (κ2) is 4.91. The van der Waals surface area contributed by atoms with E-state index in [0.717, 1.165) is 13.1 Å². The van der Waals surface area contributed by atoms with Crippen LogP contribution < -0.4 is 5.43 Å². The van der Waals surface area contributed by atoms with Crippen molar-refractivity contribution in [3.63, 3.8) is 0 Å². The summed E-state index contributed by atoms with van der Waals surface area (Å²) in [7, 11) is 0. The number of anilines is 1. The van der Waals surface area contributed by atoms with Crippen LogP contribution in [0.5, 0.6) is 0 Å². The minimum absolute atomic E-state index is 0.175. The molecule has 2 rings (SSSR count). The van der Waals surface area contributed by atoms with E-state index >= 15 is 0 Å². The van der Waals surface area contributed by atoms with Gasteiger partial charge in [-0.05, 0) is 6.07 Å². The Labute approximate surface area is 92.8 Å². The first-order chi connectivity index (χ1) is 7.77. The fourth-order valence-electron chi connectivity index (χ4n) is 1.51. The molecule has 1 aromatic rings. The van der Waals surface area contributed by atoms with Crippen LogP contribution in [0.15, 0.2) is 18.5 Å². The number of nitrogens with one attached hydrogen (secondary N) is 1. The van der Waals surface area contributed by atoms with E-state index in [9.17, 15) is 4.79 Å². The third-order valence-corrected chi connectivity index (χ3v) is 2.34. The van der Waals surface area contributed by atoms with Gasteiger partial charge in [-0.25, -0.2) is 9.80 Å². The first-order valence-electron chi connectivity index (χ1n) is 5.04. The van der Waals surface area contributed by atoms with E-state index in [-0.39, 0.29) is 5.56 Å². The molecule has 1 aliphatic rings. The number of carbonyl (C=O) groups is 1. The maximum absolute atomic E-state index is 10.9. The fraction of sp³-hybridized carbons (Fsp3) is 0.400. The van der Waals surface area contributed by atoms with Crippen molar-refractivity contribution in [2.24, 2.45) is 0 Å². The van der Waals surface area contributed by atoms with Crippen molar-refractivity contribution in [1.82, 2.24) is 9.99 Å². The maximum atomic E-state index is 10.9. The molecule has 6 nitrogen and oxygen atoms in total. The number of carboxylic acid groups (broad SMARTS) is 1. The average molecular weight is 223 g/mol. The molecule has 1 fully saturated rings. The van der Waals surface area contributed by atoms with E-state index in [0.29, 0.717) is 18.9 Å². The predicted molar refractivity (Wildman–Crippen MR) is 57.2 cm³/mol. The van der Waals surface area contributed by atoms with E-state index in [1.807, 2.05) is 5.01 Å². The van der Waals surface area contributed by atoms with E-state index < -0.39 is 5.97 Å². The van der Waals surface area contributed by atoms with Gasteiger partial charge in [0.25, 0.3) is 0 Å². The highest BCUT2D eigenvalue weighted by atomic mass is 16.5. The highest BCUT2D eigenvalue weighted by Gasteiger charge is 2.14. The number of morpholine rings is 1. The lowest BCUT2D eigenvalue weighted by molar-refractivity contribution is 0.0495. The van der Waals surface area contributed by atoms with Crippen molar-refractivity contribution in [1.29, 1.82) is 0 Å². The summed E-state index contributed by atoms with van der Waals surface area (Å²) in [6, 6.07) is 1.65. The van der Waals surface area contributed by atoms with Crippen LogP contribution in [0.3, 0.4) is 0 Å². The topological polar surface area (TPSA) is 74.7 Å². The van der Waals surface area contributed by atoms with Gasteiger partial charge in [-0.15, -0.1) is 0 Å². The van der Waals surface area contributed by atoms with Crippen molar-refractivity contribution in [2.75, 3.05) is 31.7 Å². The van der Waals surface area contributed by atoms with Crippen LogP contribution in [0.1, 0.15) is 10.4 Å². The van der Waals surface area contributed by atoms with Gasteiger partial charge in [-0.1, -0.05) is 0 Å². The highest BCUT2D eigenvalue weighted by molar-refractivity contribution is 5.93. The summed E-state index contributed by atoms with van der Waals surface area (Å²) in [6.45, 7) is 2.78. The molecule has 0 aromatic carbocycles. The normalized spacial score (nSPS) is 17.0. The summed E-state index contributed by atoms with van der Waals surface area (Å²) >= 11 is 0. The number of carboxylic acids is 1. The largest absolute Gasteiger partial charge is 0.478 e. The molecular weight excluding hydrogens is 210 g/mol. The Bertz CT molecular complexity index is 377. The number of hydrazine groups is 1. The van der Waals surface area contributed by atoms with Gasteiger partial charge in [-0.3, -0.25) is 4.98 Å². The molecule has 2 N–H and O–H groups in total. The number of aromatic nitrogens is 1. The third kappa shape index (κ3) is 2.47. The van der Waals surface area contributed by atoms with E-state index in [1.165, 1.54) is 6.20 Å². The molecule has 2 heterocycles. The maximum Gasteiger partial charge on any atom is 0.339 e. The molecule has 86 valence electrons. The van der Waals surface area contributed by atoms with Crippen molar-refractivity contribution in [3.8, 4) is 0 Å². The molecule has 6 heteroatoms. The second-order valence-corrected chi connectivity index (χ2v) is 3.44. The Kier molecular flexibility index (Phi) is 3.33. The summed E-state index contributed by atoms with van der Waals surface area (Å²) < 4.78 is 5.20. The van der Waals surface area contributed by atoms with Gasteiger partial charge in [0.1, 0.15) is 5.56 Å². The van der Waals surface area contributed by atoms with Gasteiger partial charge in [0, 0.05) is 25.5 Å². The van der Waals surface area contributed by atoms with Crippen molar-refractivity contribution in [2.45, 2.75) is 0 Å². The molecule has 1 aliphatic heterocycles. The van der Waals surface area contributed by atoms with E-state index in [1.54, 1.807) is 12.3 Å². The molecule has 0 spiro atoms. The summed E-state index contributed by atoms with van der Waals surface area (Å²) in [5.74, 6) is -0.983. The third-order valence-electron chi connectivity index (χ3n) is 2.34. The average Bonchev–Trinajstić information content (AvgIpc) is 2.31. The Balaban J connectivity index is 2.10. The standard InChI is InChI=1S/C10H13N3O3/c14-10(15)8-7-11-2-1-9(8)12-13-3-5-16-6-4-13/h1-2,7H,3-6H2,(H,11,12)(H,14,15). The minimum atomic E-state index is -0.983. The predicted octanol–water partition coefficient (Wildman–Crippen LogP) is 0.439. The number of ether oxygens (including phenoxy) is 1. The minimum Gasteiger partial charge on any atom is -0.478 e. The first-order valence-corrected chi connectivity index (χ1v) is 5.04. The first kappa shape index (κ1) is 10.8. The van der Waals surface area contributed by atoms with Crippen molar-refractivity contribution in [3.05, 3.63) is 24.0 Å². The van der Waals surface area contributed by atoms with Crippen LogP contribution in [0.4, 0.5) is 5.69 Å². The number of aromatic carboxylic acids is 1. The van der Waals surface area contributed by atoms with Crippen LogP contribution in [0.2, 0.25) is 0 Å². The quantitative estimate of drug-likeness (QED) is 0.774. The van der Waals surface area contributed by atoms with Crippen LogP contribution in [-0.4, -0.2) is 47.4 Å². The Hall–Kier alpha value is -1.66. The van der Waals surface area contributed by atoms with Crippen molar-refractivity contribution >= 4 is 11.7 Å². The Morgan fingerprint density at radius 1 is 1.50 bits per heavy atom. The lowest BCUT2D eigenvalue weighted by Gasteiger charge is -2.28. The van der Waals surface area contributed by atoms with Gasteiger partial charge < -0.3 is 15.3 Å². The van der Waals surface area contributed by atoms with Crippen LogP contribution in [0, 0.1) is 0 Å². The van der Waals surface area contributed by atoms with Gasteiger partial charge in [0.2, 0.25) is 0 Å². The zero-order valence-corrected chi connectivity index (χ0v) is 8.72. The van der Waals surface area contributed by atoms with E-state index in [2.05, 4.69) is 10.4 Å². The molecule has 0 amide bonds. The smallest absolute Gasteiger partial charge is 0.339 e. The van der Waals surface area contributed by atoms with Crippen LogP contribution in [-0.2, 0) is 4.74 Å². The lowest BCUT2D eigenvalue weighted by atomic mass is 10.2. The van der Waals surface area contributed by atoms with Gasteiger partial charge >= 0.3 is 5.97 Å². The molecule has 0 atom stereocenters. The zero-order chi connectivity index (χ0) is 11.4. The lowest BCUT2D eigenvalue weighted by Crippen LogP contribution is -2.40. The Morgan fingerprint density at radius 3 is 2.94 bits per heavy atom. The fourth-order valence-corrected chi connectivity index (χ4v) is 1.51. The summed E-state index contributed by atoms with van der Waals surface area (Å²) in [4.78, 5) is 14.7. The number of hydrogen-bond acceptors (Lipinski definition) is 5. The molecular formula is C10H13N3O3. The van der Waals surface area contributed by atoms with Gasteiger partial charge in [0.15, 0.2) is 0 Å². The zero-order valence-electron chi connectivity index (χ0n) is 8.72. The Morgan fingerprint density at radius 2 is 2.25 bits per heavy atom.